The van der Waals surface area contributed by atoms with Gasteiger partial charge in [-0.2, -0.15) is 0 Å². The molecule has 0 bridgehead atoms. The van der Waals surface area contributed by atoms with Gasteiger partial charge in [0.05, 0.1) is 11.9 Å². The van der Waals surface area contributed by atoms with E-state index in [1.54, 1.807) is 0 Å². The van der Waals surface area contributed by atoms with E-state index in [-0.39, 0.29) is 12.3 Å². The first kappa shape index (κ1) is 12.8. The fourth-order valence-electron chi connectivity index (χ4n) is 2.39. The normalized spacial score (nSPS) is 10.8. The van der Waals surface area contributed by atoms with Gasteiger partial charge in [0.15, 0.2) is 0 Å². The molecular formula is C16H13ClN2O. The molecule has 1 heterocycles. The number of hydrogen-bond acceptors (Lipinski definition) is 1. The number of para-hydroxylation sites is 1. The first-order valence-electron chi connectivity index (χ1n) is 6.28. The number of hydrogen-bond donors (Lipinski definition) is 1. The number of carbonyl (C=O) groups excluding carboxylic acids is 1. The van der Waals surface area contributed by atoms with Gasteiger partial charge >= 0.3 is 0 Å². The van der Waals surface area contributed by atoms with Gasteiger partial charge in [-0.25, -0.2) is 0 Å². The molecule has 0 saturated heterocycles. The Morgan fingerprint density at radius 3 is 2.50 bits per heavy atom. The van der Waals surface area contributed by atoms with E-state index in [9.17, 15) is 4.79 Å². The Kier molecular flexibility index (Phi) is 3.20. The minimum absolute atomic E-state index is 0.237. The second-order valence-electron chi connectivity index (χ2n) is 4.66. The predicted molar refractivity (Wildman–Crippen MR) is 81.2 cm³/mol. The highest BCUT2D eigenvalue weighted by atomic mass is 35.5. The van der Waals surface area contributed by atoms with Crippen LogP contribution in [0.25, 0.3) is 16.6 Å². The summed E-state index contributed by atoms with van der Waals surface area (Å²) in [7, 11) is 0. The van der Waals surface area contributed by atoms with Crippen molar-refractivity contribution in [2.45, 2.75) is 6.42 Å². The summed E-state index contributed by atoms with van der Waals surface area (Å²) < 4.78 is 2.05. The van der Waals surface area contributed by atoms with Crippen molar-refractivity contribution < 1.29 is 4.79 Å². The largest absolute Gasteiger partial charge is 0.369 e. The molecule has 3 nitrogen and oxygen atoms in total. The Labute approximate surface area is 121 Å². The minimum Gasteiger partial charge on any atom is -0.369 e. The van der Waals surface area contributed by atoms with E-state index in [1.165, 1.54) is 0 Å². The van der Waals surface area contributed by atoms with Gasteiger partial charge in [-0.05, 0) is 35.9 Å². The Bertz CT molecular complexity index is 775. The standard InChI is InChI=1S/C16H13ClN2O/c17-12-5-7-13(8-6-12)19-10-11(9-16(18)20)14-3-1-2-4-15(14)19/h1-8,10H,9H2,(H2,18,20). The molecule has 100 valence electrons. The number of nitrogens with two attached hydrogens (primary N) is 1. The van der Waals surface area contributed by atoms with Crippen LogP contribution in [0.3, 0.4) is 0 Å². The SMILES string of the molecule is NC(=O)Cc1cn(-c2ccc(Cl)cc2)c2ccccc12. The van der Waals surface area contributed by atoms with Gasteiger partial charge in [0.25, 0.3) is 0 Å². The summed E-state index contributed by atoms with van der Waals surface area (Å²) in [4.78, 5) is 11.2. The monoisotopic (exact) mass is 284 g/mol. The average molecular weight is 285 g/mol. The zero-order chi connectivity index (χ0) is 14.1. The van der Waals surface area contributed by atoms with E-state index in [4.69, 9.17) is 17.3 Å². The third kappa shape index (κ3) is 2.28. The van der Waals surface area contributed by atoms with Gasteiger partial charge < -0.3 is 10.3 Å². The number of fused-ring (bicyclic) bond motifs is 1. The zero-order valence-electron chi connectivity index (χ0n) is 10.7. The van der Waals surface area contributed by atoms with Crippen LogP contribution in [0.4, 0.5) is 0 Å². The fourth-order valence-corrected chi connectivity index (χ4v) is 2.52. The number of primary amides is 1. The molecule has 0 unspecified atom stereocenters. The summed E-state index contributed by atoms with van der Waals surface area (Å²) in [6.07, 6.45) is 2.19. The molecule has 0 aliphatic heterocycles. The van der Waals surface area contributed by atoms with Crippen molar-refractivity contribution in [3.8, 4) is 5.69 Å². The fraction of sp³-hybridized carbons (Fsp3) is 0.0625. The van der Waals surface area contributed by atoms with Gasteiger partial charge in [-0.15, -0.1) is 0 Å². The lowest BCUT2D eigenvalue weighted by atomic mass is 10.1. The molecule has 20 heavy (non-hydrogen) atoms. The van der Waals surface area contributed by atoms with Crippen molar-refractivity contribution in [2.75, 3.05) is 0 Å². The Morgan fingerprint density at radius 2 is 1.80 bits per heavy atom. The third-order valence-corrected chi connectivity index (χ3v) is 3.52. The van der Waals surface area contributed by atoms with E-state index in [0.717, 1.165) is 22.2 Å². The summed E-state index contributed by atoms with van der Waals surface area (Å²) in [6.45, 7) is 0. The average Bonchev–Trinajstić information content (AvgIpc) is 2.78. The topological polar surface area (TPSA) is 48.0 Å². The summed E-state index contributed by atoms with van der Waals surface area (Å²) in [5, 5.41) is 1.74. The third-order valence-electron chi connectivity index (χ3n) is 3.26. The number of aromatic nitrogens is 1. The quantitative estimate of drug-likeness (QED) is 0.788. The van der Waals surface area contributed by atoms with Gasteiger partial charge in [0.1, 0.15) is 0 Å². The van der Waals surface area contributed by atoms with Crippen LogP contribution in [0.1, 0.15) is 5.56 Å². The first-order chi connectivity index (χ1) is 9.65. The van der Waals surface area contributed by atoms with Gasteiger partial charge in [-0.1, -0.05) is 29.8 Å². The molecule has 0 radical (unpaired) electrons. The van der Waals surface area contributed by atoms with Crippen LogP contribution < -0.4 is 5.73 Å². The Hall–Kier alpha value is -2.26. The summed E-state index contributed by atoms with van der Waals surface area (Å²) >= 11 is 5.92. The van der Waals surface area contributed by atoms with E-state index in [1.807, 2.05) is 59.3 Å². The molecule has 2 aromatic carbocycles. The molecule has 0 fully saturated rings. The summed E-state index contributed by atoms with van der Waals surface area (Å²) in [5.74, 6) is -0.330. The molecule has 3 aromatic rings. The molecule has 0 aliphatic carbocycles. The van der Waals surface area contributed by atoms with Gasteiger partial charge in [0, 0.05) is 22.3 Å². The van der Waals surface area contributed by atoms with Crippen LogP contribution in [-0.4, -0.2) is 10.5 Å². The maximum absolute atomic E-state index is 11.2. The second-order valence-corrected chi connectivity index (χ2v) is 5.10. The lowest BCUT2D eigenvalue weighted by molar-refractivity contribution is -0.117. The zero-order valence-corrected chi connectivity index (χ0v) is 11.5. The Balaban J connectivity index is 2.20. The molecule has 0 aliphatic rings. The second kappa shape index (κ2) is 5.02. The summed E-state index contributed by atoms with van der Waals surface area (Å²) in [5.41, 5.74) is 8.30. The van der Waals surface area contributed by atoms with Crippen molar-refractivity contribution in [3.05, 3.63) is 65.3 Å². The summed E-state index contributed by atoms with van der Waals surface area (Å²) in [6, 6.07) is 15.5. The Morgan fingerprint density at radius 1 is 1.10 bits per heavy atom. The van der Waals surface area contributed by atoms with Crippen molar-refractivity contribution in [2.24, 2.45) is 5.73 Å². The van der Waals surface area contributed by atoms with E-state index in [2.05, 4.69) is 0 Å². The maximum atomic E-state index is 11.2. The number of rotatable bonds is 3. The van der Waals surface area contributed by atoms with Crippen molar-refractivity contribution in [1.82, 2.24) is 4.57 Å². The highest BCUT2D eigenvalue weighted by Gasteiger charge is 2.11. The number of halogens is 1. The molecule has 3 rings (SSSR count). The molecule has 2 N–H and O–H groups in total. The van der Waals surface area contributed by atoms with Crippen molar-refractivity contribution in [3.63, 3.8) is 0 Å². The van der Waals surface area contributed by atoms with Crippen LogP contribution in [0.5, 0.6) is 0 Å². The maximum Gasteiger partial charge on any atom is 0.221 e. The molecule has 1 amide bonds. The minimum atomic E-state index is -0.330. The number of nitrogens with zero attached hydrogens (tertiary/aromatic N) is 1. The highest BCUT2D eigenvalue weighted by molar-refractivity contribution is 6.30. The molecule has 4 heteroatoms. The van der Waals surface area contributed by atoms with Gasteiger partial charge in [-0.3, -0.25) is 4.79 Å². The van der Waals surface area contributed by atoms with Crippen LogP contribution in [0, 0.1) is 0 Å². The molecular weight excluding hydrogens is 272 g/mol. The van der Waals surface area contributed by atoms with Crippen LogP contribution in [-0.2, 0) is 11.2 Å². The van der Waals surface area contributed by atoms with Gasteiger partial charge in [0.2, 0.25) is 5.91 Å². The molecule has 0 saturated carbocycles. The van der Waals surface area contributed by atoms with Crippen molar-refractivity contribution >= 4 is 28.4 Å². The molecule has 1 aromatic heterocycles. The molecule has 0 spiro atoms. The van der Waals surface area contributed by atoms with E-state index < -0.39 is 0 Å². The van der Waals surface area contributed by atoms with Crippen LogP contribution >= 0.6 is 11.6 Å². The predicted octanol–water partition coefficient (Wildman–Crippen LogP) is 3.31. The highest BCUT2D eigenvalue weighted by Crippen LogP contribution is 2.25. The smallest absolute Gasteiger partial charge is 0.221 e. The van der Waals surface area contributed by atoms with Crippen molar-refractivity contribution in [1.29, 1.82) is 0 Å². The number of benzene rings is 2. The van der Waals surface area contributed by atoms with Crippen LogP contribution in [0.15, 0.2) is 54.7 Å². The lowest BCUT2D eigenvalue weighted by Crippen LogP contribution is -2.13. The number of carbonyl (C=O) groups is 1. The number of amides is 1. The lowest BCUT2D eigenvalue weighted by Gasteiger charge is -2.05. The van der Waals surface area contributed by atoms with E-state index >= 15 is 0 Å². The van der Waals surface area contributed by atoms with E-state index in [0.29, 0.717) is 5.02 Å². The molecule has 0 atom stereocenters. The first-order valence-corrected chi connectivity index (χ1v) is 6.66. The van der Waals surface area contributed by atoms with Crippen LogP contribution in [0.2, 0.25) is 5.02 Å².